The molecule has 0 radical (unpaired) electrons. The van der Waals surface area contributed by atoms with E-state index < -0.39 is 15.9 Å². The number of benzene rings is 3. The van der Waals surface area contributed by atoms with E-state index in [1.165, 1.54) is 42.7 Å². The van der Waals surface area contributed by atoms with Crippen molar-refractivity contribution in [3.05, 3.63) is 99.8 Å². The third kappa shape index (κ3) is 6.24. The molecule has 0 saturated carbocycles. The molecule has 0 unspecified atom stereocenters. The van der Waals surface area contributed by atoms with Crippen molar-refractivity contribution in [3.8, 4) is 11.3 Å². The first-order valence-corrected chi connectivity index (χ1v) is 13.0. The van der Waals surface area contributed by atoms with Gasteiger partial charge in [0.1, 0.15) is 11.6 Å². The van der Waals surface area contributed by atoms with Gasteiger partial charge in [0.2, 0.25) is 0 Å². The van der Waals surface area contributed by atoms with Gasteiger partial charge in [0.25, 0.3) is 10.0 Å². The zero-order chi connectivity index (χ0) is 24.8. The summed E-state index contributed by atoms with van der Waals surface area (Å²) < 4.78 is 27.9. The first-order chi connectivity index (χ1) is 16.9. The molecule has 11 heteroatoms. The second-order valence-corrected chi connectivity index (χ2v) is 10.2. The van der Waals surface area contributed by atoms with E-state index in [9.17, 15) is 13.2 Å². The number of amides is 1. The number of hydroxylamine groups is 2. The summed E-state index contributed by atoms with van der Waals surface area (Å²) in [5.41, 5.74) is 2.17. The number of carbonyl (C=O) groups is 1. The molecule has 180 valence electrons. The Hall–Kier alpha value is -3.28. The minimum absolute atomic E-state index is 0.0139. The van der Waals surface area contributed by atoms with Crippen LogP contribution in [0.25, 0.3) is 11.3 Å². The molecule has 8 nitrogen and oxygen atoms in total. The van der Waals surface area contributed by atoms with Crippen molar-refractivity contribution >= 4 is 44.6 Å². The summed E-state index contributed by atoms with van der Waals surface area (Å²) in [4.78, 5) is 27.7. The van der Waals surface area contributed by atoms with E-state index >= 15 is 0 Å². The second kappa shape index (κ2) is 11.0. The van der Waals surface area contributed by atoms with E-state index in [0.717, 1.165) is 5.23 Å². The Morgan fingerprint density at radius 2 is 1.80 bits per heavy atom. The van der Waals surface area contributed by atoms with E-state index in [2.05, 4.69) is 9.71 Å². The Morgan fingerprint density at radius 1 is 1.06 bits per heavy atom. The van der Waals surface area contributed by atoms with Crippen LogP contribution < -0.4 is 4.72 Å². The smallest absolute Gasteiger partial charge is 0.280 e. The Morgan fingerprint density at radius 3 is 2.51 bits per heavy atom. The predicted octanol–water partition coefficient (Wildman–Crippen LogP) is 5.40. The third-order valence-corrected chi connectivity index (χ3v) is 7.22. The lowest BCUT2D eigenvalue weighted by Gasteiger charge is -2.17. The Labute approximate surface area is 211 Å². The number of sulfonamides is 1. The normalized spacial score (nSPS) is 11.3. The molecule has 1 N–H and O–H groups in total. The van der Waals surface area contributed by atoms with Gasteiger partial charge in [-0.1, -0.05) is 47.2 Å². The Balaban J connectivity index is 1.43. The van der Waals surface area contributed by atoms with Crippen LogP contribution >= 0.6 is 22.9 Å². The Bertz CT molecular complexity index is 1410. The number of anilines is 1. The lowest BCUT2D eigenvalue weighted by Crippen LogP contribution is -2.30. The fourth-order valence-corrected chi connectivity index (χ4v) is 4.96. The monoisotopic (exact) mass is 529 g/mol. The number of carbonyl (C=O) groups excluding carboxylic acids is 1. The molecule has 1 amide bonds. The van der Waals surface area contributed by atoms with Crippen molar-refractivity contribution in [2.75, 3.05) is 11.8 Å². The molecule has 0 aliphatic rings. The number of rotatable bonds is 9. The highest BCUT2D eigenvalue weighted by molar-refractivity contribution is 7.92. The van der Waals surface area contributed by atoms with Crippen molar-refractivity contribution in [1.82, 2.24) is 10.2 Å². The van der Waals surface area contributed by atoms with Crippen LogP contribution in [0, 0.1) is 0 Å². The minimum Gasteiger partial charge on any atom is -0.280 e. The van der Waals surface area contributed by atoms with Crippen LogP contribution in [0.2, 0.25) is 5.02 Å². The summed E-state index contributed by atoms with van der Waals surface area (Å²) in [5.74, 6) is -0.439. The van der Waals surface area contributed by atoms with E-state index in [1.54, 1.807) is 42.5 Å². The fourth-order valence-electron chi connectivity index (χ4n) is 3.07. The highest BCUT2D eigenvalue weighted by atomic mass is 35.5. The maximum absolute atomic E-state index is 12.7. The highest BCUT2D eigenvalue weighted by Crippen LogP contribution is 2.26. The van der Waals surface area contributed by atoms with Crippen LogP contribution in [0.15, 0.2) is 89.1 Å². The molecule has 0 spiro atoms. The molecule has 4 aromatic rings. The minimum atomic E-state index is -3.77. The van der Waals surface area contributed by atoms with Gasteiger partial charge >= 0.3 is 5.91 Å². The van der Waals surface area contributed by atoms with Crippen molar-refractivity contribution in [3.63, 3.8) is 0 Å². The van der Waals surface area contributed by atoms with E-state index in [-0.39, 0.29) is 11.5 Å². The standard InChI is InChI=1S/C24H20ClN3O5S2/c1-32-28(24(29)17-6-3-2-4-7-17)33-15-23-26-22(16-34-23)18-8-5-9-20(14-18)27-35(30,31)21-12-10-19(25)11-13-21/h2-14,16,27H,15H2,1H3. The van der Waals surface area contributed by atoms with E-state index in [1.807, 2.05) is 17.5 Å². The quantitative estimate of drug-likeness (QED) is 0.291. The molecule has 0 atom stereocenters. The molecule has 3 aromatic carbocycles. The van der Waals surface area contributed by atoms with Gasteiger partial charge in [-0.3, -0.25) is 9.52 Å². The van der Waals surface area contributed by atoms with Crippen LogP contribution in [-0.4, -0.2) is 31.6 Å². The number of aromatic nitrogens is 1. The number of hydrogen-bond acceptors (Lipinski definition) is 7. The molecule has 4 rings (SSSR count). The van der Waals surface area contributed by atoms with Gasteiger partial charge < -0.3 is 0 Å². The van der Waals surface area contributed by atoms with Crippen LogP contribution in [-0.2, 0) is 26.3 Å². The second-order valence-electron chi connectivity index (χ2n) is 7.15. The van der Waals surface area contributed by atoms with Gasteiger partial charge in [0.15, 0.2) is 0 Å². The molecule has 0 bridgehead atoms. The Kier molecular flexibility index (Phi) is 7.79. The fraction of sp³-hybridized carbons (Fsp3) is 0.0833. The van der Waals surface area contributed by atoms with E-state index in [4.69, 9.17) is 21.3 Å². The summed E-state index contributed by atoms with van der Waals surface area (Å²) in [6.07, 6.45) is 0. The third-order valence-electron chi connectivity index (χ3n) is 4.74. The lowest BCUT2D eigenvalue weighted by molar-refractivity contribution is -0.320. The van der Waals surface area contributed by atoms with Gasteiger partial charge in [-0.25, -0.2) is 23.1 Å². The van der Waals surface area contributed by atoms with Gasteiger partial charge in [0.05, 0.1) is 17.7 Å². The molecular formula is C24H20ClN3O5S2. The molecule has 35 heavy (non-hydrogen) atoms. The first kappa shape index (κ1) is 24.8. The van der Waals surface area contributed by atoms with Crippen molar-refractivity contribution < 1.29 is 22.9 Å². The van der Waals surface area contributed by atoms with Gasteiger partial charge in [-0.2, -0.15) is 0 Å². The van der Waals surface area contributed by atoms with Crippen LogP contribution in [0.5, 0.6) is 0 Å². The number of nitrogens with zero attached hydrogens (tertiary/aromatic N) is 2. The highest BCUT2D eigenvalue weighted by Gasteiger charge is 2.18. The number of hydrogen-bond donors (Lipinski definition) is 1. The molecule has 1 aromatic heterocycles. The number of halogens is 1. The van der Waals surface area contributed by atoms with E-state index in [0.29, 0.717) is 32.5 Å². The van der Waals surface area contributed by atoms with Crippen LogP contribution in [0.1, 0.15) is 15.4 Å². The number of nitrogens with one attached hydrogen (secondary N) is 1. The van der Waals surface area contributed by atoms with Gasteiger partial charge in [-0.05, 0) is 48.5 Å². The summed E-state index contributed by atoms with van der Waals surface area (Å²) in [6, 6.07) is 21.4. The van der Waals surface area contributed by atoms with Crippen molar-refractivity contribution in [1.29, 1.82) is 0 Å². The van der Waals surface area contributed by atoms with Crippen molar-refractivity contribution in [2.45, 2.75) is 11.5 Å². The SMILES string of the molecule is CON(OCc1nc(-c2cccc(NS(=O)(=O)c3ccc(Cl)cc3)c2)cs1)C(=O)c1ccccc1. The molecule has 1 heterocycles. The zero-order valence-corrected chi connectivity index (χ0v) is 20.8. The van der Waals surface area contributed by atoms with Gasteiger partial charge in [0, 0.05) is 27.2 Å². The summed E-state index contributed by atoms with van der Waals surface area (Å²) in [5, 5.41) is 3.69. The van der Waals surface area contributed by atoms with Crippen LogP contribution in [0.4, 0.5) is 5.69 Å². The predicted molar refractivity (Wildman–Crippen MR) is 134 cm³/mol. The average Bonchev–Trinajstić information content (AvgIpc) is 3.34. The maximum atomic E-state index is 12.7. The van der Waals surface area contributed by atoms with Crippen molar-refractivity contribution in [2.24, 2.45) is 0 Å². The summed E-state index contributed by atoms with van der Waals surface area (Å²) in [6.45, 7) is 0.0139. The van der Waals surface area contributed by atoms with Gasteiger partial charge in [-0.15, -0.1) is 11.3 Å². The molecule has 0 fully saturated rings. The van der Waals surface area contributed by atoms with Crippen LogP contribution in [0.3, 0.4) is 0 Å². The molecule has 0 saturated heterocycles. The number of thiazole rings is 1. The summed E-state index contributed by atoms with van der Waals surface area (Å²) in [7, 11) is -2.44. The maximum Gasteiger partial charge on any atom is 0.303 e. The first-order valence-electron chi connectivity index (χ1n) is 10.3. The molecule has 0 aliphatic heterocycles. The summed E-state index contributed by atoms with van der Waals surface area (Å²) >= 11 is 7.19. The largest absolute Gasteiger partial charge is 0.303 e. The molecular weight excluding hydrogens is 510 g/mol. The zero-order valence-electron chi connectivity index (χ0n) is 18.4. The topological polar surface area (TPSA) is 97.8 Å². The average molecular weight is 530 g/mol. The lowest BCUT2D eigenvalue weighted by atomic mass is 10.1. The molecule has 0 aliphatic carbocycles.